The van der Waals surface area contributed by atoms with Gasteiger partial charge in [0.2, 0.25) is 0 Å². The first-order valence-electron chi connectivity index (χ1n) is 10.2. The zero-order valence-corrected chi connectivity index (χ0v) is 18.8. The molecule has 0 unspecified atom stereocenters. The normalized spacial score (nSPS) is 13.8. The maximum Gasteiger partial charge on any atom is 0.357 e. The highest BCUT2D eigenvalue weighted by atomic mass is 79.9. The van der Waals surface area contributed by atoms with Crippen LogP contribution < -0.4 is 4.90 Å². The Kier molecular flexibility index (Phi) is 6.53. The first kappa shape index (κ1) is 21.3. The second-order valence-corrected chi connectivity index (χ2v) is 8.02. The number of ether oxygens (including phenoxy) is 2. The summed E-state index contributed by atoms with van der Waals surface area (Å²) in [5.41, 5.74) is 3.17. The van der Waals surface area contributed by atoms with Crippen LogP contribution in [0.25, 0.3) is 11.1 Å². The quantitative estimate of drug-likeness (QED) is 0.496. The summed E-state index contributed by atoms with van der Waals surface area (Å²) >= 11 is 3.47. The average Bonchev–Trinajstić information content (AvgIpc) is 3.21. The minimum absolute atomic E-state index is 0.222. The van der Waals surface area contributed by atoms with Gasteiger partial charge in [0.1, 0.15) is 0 Å². The van der Waals surface area contributed by atoms with Gasteiger partial charge in [-0.15, -0.1) is 0 Å². The molecule has 31 heavy (non-hydrogen) atoms. The van der Waals surface area contributed by atoms with Crippen LogP contribution in [0.1, 0.15) is 27.8 Å². The van der Waals surface area contributed by atoms with E-state index in [-0.39, 0.29) is 18.2 Å². The van der Waals surface area contributed by atoms with Crippen LogP contribution in [0.5, 0.6) is 0 Å². The van der Waals surface area contributed by atoms with Crippen LogP contribution in [-0.4, -0.2) is 49.4 Å². The number of carbonyl (C=O) groups excluding carboxylic acids is 2. The lowest BCUT2D eigenvalue weighted by Gasteiger charge is -2.30. The van der Waals surface area contributed by atoms with Gasteiger partial charge in [-0.2, -0.15) is 0 Å². The van der Waals surface area contributed by atoms with E-state index >= 15 is 0 Å². The van der Waals surface area contributed by atoms with Gasteiger partial charge in [-0.1, -0.05) is 46.3 Å². The Morgan fingerprint density at radius 2 is 1.71 bits per heavy atom. The molecule has 0 atom stereocenters. The molecule has 3 aromatic rings. The maximum atomic E-state index is 13.4. The highest BCUT2D eigenvalue weighted by Crippen LogP contribution is 2.38. The van der Waals surface area contributed by atoms with Crippen molar-refractivity contribution in [3.05, 3.63) is 76.5 Å². The fourth-order valence-electron chi connectivity index (χ4n) is 3.72. The fraction of sp³-hybridized carbons (Fsp3) is 0.250. The van der Waals surface area contributed by atoms with Crippen molar-refractivity contribution < 1.29 is 19.1 Å². The van der Waals surface area contributed by atoms with Crippen molar-refractivity contribution in [3.63, 3.8) is 0 Å². The van der Waals surface area contributed by atoms with Crippen molar-refractivity contribution >= 4 is 33.5 Å². The molecular weight excluding hydrogens is 460 g/mol. The monoisotopic (exact) mass is 482 g/mol. The van der Waals surface area contributed by atoms with E-state index in [0.29, 0.717) is 37.6 Å². The Labute approximate surface area is 189 Å². The van der Waals surface area contributed by atoms with E-state index < -0.39 is 5.97 Å². The van der Waals surface area contributed by atoms with Crippen molar-refractivity contribution in [1.29, 1.82) is 0 Å². The molecule has 1 fully saturated rings. The largest absolute Gasteiger partial charge is 0.461 e. The van der Waals surface area contributed by atoms with Crippen molar-refractivity contribution in [3.8, 4) is 11.1 Å². The molecule has 1 saturated heterocycles. The molecule has 0 saturated carbocycles. The number of aromatic nitrogens is 1. The summed E-state index contributed by atoms with van der Waals surface area (Å²) in [6, 6.07) is 16.8. The highest BCUT2D eigenvalue weighted by Gasteiger charge is 2.31. The molecular formula is C24H23BrN2O4. The van der Waals surface area contributed by atoms with Crippen LogP contribution in [0.3, 0.4) is 0 Å². The maximum absolute atomic E-state index is 13.4. The molecule has 0 aliphatic carbocycles. The summed E-state index contributed by atoms with van der Waals surface area (Å²) in [7, 11) is 0. The van der Waals surface area contributed by atoms with Gasteiger partial charge in [-0.3, -0.25) is 9.36 Å². The van der Waals surface area contributed by atoms with Crippen molar-refractivity contribution in [1.82, 2.24) is 4.57 Å². The van der Waals surface area contributed by atoms with Crippen molar-refractivity contribution in [2.45, 2.75) is 6.92 Å². The topological polar surface area (TPSA) is 60.8 Å². The minimum atomic E-state index is -0.517. The molecule has 6 nitrogen and oxygen atoms in total. The Hall–Kier alpha value is -2.90. The van der Waals surface area contributed by atoms with Crippen LogP contribution in [0.15, 0.2) is 65.3 Å². The first-order chi connectivity index (χ1) is 15.1. The standard InChI is InChI=1S/C24H23BrN2O4/c1-2-31-24(29)22-21(26-12-14-30-15-13-26)20(17-8-10-19(25)11-9-17)16-27(22)23(28)18-6-4-3-5-7-18/h3-11,16H,2,12-15H2,1H3. The van der Waals surface area contributed by atoms with Gasteiger partial charge in [-0.05, 0) is 36.8 Å². The lowest BCUT2D eigenvalue weighted by atomic mass is 10.1. The molecule has 2 heterocycles. The Morgan fingerprint density at radius 3 is 2.35 bits per heavy atom. The summed E-state index contributed by atoms with van der Waals surface area (Å²) in [5.74, 6) is -0.793. The van der Waals surface area contributed by atoms with E-state index in [4.69, 9.17) is 9.47 Å². The zero-order valence-electron chi connectivity index (χ0n) is 17.2. The van der Waals surface area contributed by atoms with Crippen LogP contribution >= 0.6 is 15.9 Å². The van der Waals surface area contributed by atoms with Crippen LogP contribution in [0.2, 0.25) is 0 Å². The number of hydrogen-bond acceptors (Lipinski definition) is 5. The summed E-state index contributed by atoms with van der Waals surface area (Å²) in [4.78, 5) is 28.6. The molecule has 7 heteroatoms. The number of rotatable bonds is 5. The van der Waals surface area contributed by atoms with Crippen molar-refractivity contribution in [2.24, 2.45) is 0 Å². The van der Waals surface area contributed by atoms with E-state index in [2.05, 4.69) is 20.8 Å². The number of anilines is 1. The van der Waals surface area contributed by atoms with E-state index in [1.54, 1.807) is 37.4 Å². The van der Waals surface area contributed by atoms with E-state index in [1.165, 1.54) is 4.57 Å². The van der Waals surface area contributed by atoms with Crippen LogP contribution in [0.4, 0.5) is 5.69 Å². The molecule has 1 aromatic heterocycles. The molecule has 160 valence electrons. The second-order valence-electron chi connectivity index (χ2n) is 7.11. The Balaban J connectivity index is 1.94. The van der Waals surface area contributed by atoms with Gasteiger partial charge in [0.25, 0.3) is 5.91 Å². The van der Waals surface area contributed by atoms with Crippen LogP contribution in [0, 0.1) is 0 Å². The lowest BCUT2D eigenvalue weighted by Crippen LogP contribution is -2.37. The van der Waals surface area contributed by atoms with Gasteiger partial charge in [0, 0.05) is 34.9 Å². The third-order valence-corrected chi connectivity index (χ3v) is 5.70. The predicted molar refractivity (Wildman–Crippen MR) is 123 cm³/mol. The van der Waals surface area contributed by atoms with Crippen molar-refractivity contribution in [2.75, 3.05) is 37.8 Å². The fourth-order valence-corrected chi connectivity index (χ4v) is 3.98. The molecule has 0 spiro atoms. The molecule has 0 N–H and O–H groups in total. The van der Waals surface area contributed by atoms with Gasteiger partial charge in [-0.25, -0.2) is 4.79 Å². The van der Waals surface area contributed by atoms with Gasteiger partial charge in [0.05, 0.1) is 25.5 Å². The summed E-state index contributed by atoms with van der Waals surface area (Å²) in [5, 5.41) is 0. The number of carbonyl (C=O) groups is 2. The Morgan fingerprint density at radius 1 is 1.03 bits per heavy atom. The first-order valence-corrected chi connectivity index (χ1v) is 11.0. The predicted octanol–water partition coefficient (Wildman–Crippen LogP) is 4.62. The molecule has 1 aliphatic heterocycles. The summed E-state index contributed by atoms with van der Waals surface area (Å²) < 4.78 is 13.3. The molecule has 1 aliphatic rings. The molecule has 0 bridgehead atoms. The molecule has 2 aromatic carbocycles. The molecule has 0 amide bonds. The van der Waals surface area contributed by atoms with E-state index in [9.17, 15) is 9.59 Å². The smallest absolute Gasteiger partial charge is 0.357 e. The number of morpholine rings is 1. The Bertz CT molecular complexity index is 1070. The minimum Gasteiger partial charge on any atom is -0.461 e. The third-order valence-electron chi connectivity index (χ3n) is 5.17. The van der Waals surface area contributed by atoms with Gasteiger partial charge in [0.15, 0.2) is 5.69 Å². The number of esters is 1. The molecule has 4 rings (SSSR count). The van der Waals surface area contributed by atoms with Gasteiger partial charge < -0.3 is 14.4 Å². The summed E-state index contributed by atoms with van der Waals surface area (Å²) in [6.45, 7) is 4.34. The number of halogens is 1. The number of hydrogen-bond donors (Lipinski definition) is 0. The van der Waals surface area contributed by atoms with E-state index in [1.807, 2.05) is 30.3 Å². The molecule has 0 radical (unpaired) electrons. The SMILES string of the molecule is CCOC(=O)c1c(N2CCOCC2)c(-c2ccc(Br)cc2)cn1C(=O)c1ccccc1. The zero-order chi connectivity index (χ0) is 21.8. The lowest BCUT2D eigenvalue weighted by molar-refractivity contribution is 0.0509. The van der Waals surface area contributed by atoms with Gasteiger partial charge >= 0.3 is 5.97 Å². The third kappa shape index (κ3) is 4.43. The number of benzene rings is 2. The van der Waals surface area contributed by atoms with Crippen LogP contribution in [-0.2, 0) is 9.47 Å². The summed E-state index contributed by atoms with van der Waals surface area (Å²) in [6.07, 6.45) is 1.75. The van der Waals surface area contributed by atoms with E-state index in [0.717, 1.165) is 15.6 Å². The number of nitrogens with zero attached hydrogens (tertiary/aromatic N) is 2. The highest BCUT2D eigenvalue weighted by molar-refractivity contribution is 9.10. The average molecular weight is 483 g/mol. The second kappa shape index (κ2) is 9.49.